The molecular weight excluding hydrogens is 635 g/mol. The zero-order chi connectivity index (χ0) is 33.8. The normalized spacial score (nSPS) is 20.7. The fourth-order valence-electron chi connectivity index (χ4n) is 6.79. The van der Waals surface area contributed by atoms with Gasteiger partial charge in [-0.05, 0) is 54.5 Å². The molecule has 0 spiro atoms. The Bertz CT molecular complexity index is 1860. The number of halogens is 4. The van der Waals surface area contributed by atoms with E-state index in [0.29, 0.717) is 22.1 Å². The number of fused-ring (bicyclic) bond motifs is 3. The molecule has 0 unspecified atom stereocenters. The van der Waals surface area contributed by atoms with Crippen molar-refractivity contribution in [2.24, 2.45) is 5.92 Å². The number of nitriles is 1. The van der Waals surface area contributed by atoms with Gasteiger partial charge < -0.3 is 14.7 Å². The molecule has 1 aromatic carbocycles. The van der Waals surface area contributed by atoms with Gasteiger partial charge in [0.05, 0.1) is 52.7 Å². The Morgan fingerprint density at radius 1 is 1.23 bits per heavy atom. The molecule has 10 nitrogen and oxygen atoms in total. The maximum Gasteiger partial charge on any atom is 0.416 e. The van der Waals surface area contributed by atoms with Gasteiger partial charge in [-0.25, -0.2) is 4.98 Å². The number of pyridine rings is 2. The Hall–Kier alpha value is -4.96. The quantitative estimate of drug-likeness (QED) is 0.339. The van der Waals surface area contributed by atoms with Gasteiger partial charge >= 0.3 is 6.18 Å². The monoisotopic (exact) mass is 663 g/mol. The van der Waals surface area contributed by atoms with Crippen molar-refractivity contribution in [3.05, 3.63) is 88.4 Å². The average Bonchev–Trinajstić information content (AvgIpc) is 3.54. The van der Waals surface area contributed by atoms with E-state index in [4.69, 9.17) is 11.6 Å². The van der Waals surface area contributed by atoms with E-state index >= 15 is 0 Å². The summed E-state index contributed by atoms with van der Waals surface area (Å²) >= 11 is 6.77. The average molecular weight is 664 g/mol. The van der Waals surface area contributed by atoms with Crippen molar-refractivity contribution in [3.8, 4) is 6.07 Å². The molecular formula is C33H29ClF3N7O3. The van der Waals surface area contributed by atoms with Crippen LogP contribution >= 0.6 is 11.6 Å². The number of hydrogen-bond acceptors (Lipinski definition) is 7. The zero-order valence-electron chi connectivity index (χ0n) is 25.5. The molecule has 3 aromatic rings. The summed E-state index contributed by atoms with van der Waals surface area (Å²) in [5, 5.41) is 9.86. The largest absolute Gasteiger partial charge is 0.416 e. The lowest BCUT2D eigenvalue weighted by atomic mass is 9.95. The number of carbonyl (C=O) groups is 3. The molecule has 6 rings (SSSR count). The third-order valence-corrected chi connectivity index (χ3v) is 9.16. The lowest BCUT2D eigenvalue weighted by Crippen LogP contribution is -2.52. The maximum atomic E-state index is 14.1. The highest BCUT2D eigenvalue weighted by molar-refractivity contribution is 6.34. The van der Waals surface area contributed by atoms with Crippen LogP contribution < -0.4 is 14.7 Å². The molecule has 3 aliphatic heterocycles. The first-order valence-corrected chi connectivity index (χ1v) is 15.2. The molecule has 0 N–H and O–H groups in total. The predicted octanol–water partition coefficient (Wildman–Crippen LogP) is 5.34. The number of aromatic nitrogens is 2. The fourth-order valence-corrected chi connectivity index (χ4v) is 7.07. The van der Waals surface area contributed by atoms with Gasteiger partial charge in [0.2, 0.25) is 17.7 Å². The molecule has 1 saturated heterocycles. The lowest BCUT2D eigenvalue weighted by Gasteiger charge is -2.39. The number of rotatable bonds is 5. The van der Waals surface area contributed by atoms with Crippen LogP contribution in [0.1, 0.15) is 47.0 Å². The number of aryl methyl sites for hydroxylation is 1. The van der Waals surface area contributed by atoms with Crippen molar-refractivity contribution in [1.82, 2.24) is 14.9 Å². The summed E-state index contributed by atoms with van der Waals surface area (Å²) in [7, 11) is 1.54. The Morgan fingerprint density at radius 3 is 2.70 bits per heavy atom. The van der Waals surface area contributed by atoms with E-state index in [1.54, 1.807) is 36.3 Å². The highest BCUT2D eigenvalue weighted by Gasteiger charge is 2.49. The van der Waals surface area contributed by atoms with E-state index in [2.05, 4.69) is 22.6 Å². The summed E-state index contributed by atoms with van der Waals surface area (Å²) < 4.78 is 41.2. The number of para-hydroxylation sites is 1. The molecule has 242 valence electrons. The minimum atomic E-state index is -4.68. The molecule has 47 heavy (non-hydrogen) atoms. The van der Waals surface area contributed by atoms with E-state index < -0.39 is 41.6 Å². The molecule has 0 radical (unpaired) electrons. The van der Waals surface area contributed by atoms with E-state index in [-0.39, 0.29) is 49.9 Å². The number of alkyl halides is 3. The van der Waals surface area contributed by atoms with Crippen LogP contribution in [0.3, 0.4) is 0 Å². The van der Waals surface area contributed by atoms with Crippen LogP contribution in [0.25, 0.3) is 0 Å². The highest BCUT2D eigenvalue weighted by Crippen LogP contribution is 2.44. The first kappa shape index (κ1) is 32.0. The number of nitrogens with zero attached hydrogens (tertiary/aromatic N) is 7. The van der Waals surface area contributed by atoms with Gasteiger partial charge in [-0.3, -0.25) is 24.3 Å². The van der Waals surface area contributed by atoms with Gasteiger partial charge in [0.25, 0.3) is 0 Å². The number of anilines is 3. The third kappa shape index (κ3) is 5.67. The second-order valence-electron chi connectivity index (χ2n) is 11.8. The van der Waals surface area contributed by atoms with Crippen molar-refractivity contribution >= 4 is 46.5 Å². The Morgan fingerprint density at radius 2 is 2.00 bits per heavy atom. The zero-order valence-corrected chi connectivity index (χ0v) is 26.2. The van der Waals surface area contributed by atoms with Crippen molar-refractivity contribution in [3.63, 3.8) is 0 Å². The summed E-state index contributed by atoms with van der Waals surface area (Å²) in [6.45, 7) is 5.59. The van der Waals surface area contributed by atoms with Gasteiger partial charge in [0.1, 0.15) is 11.9 Å². The minimum absolute atomic E-state index is 0.0589. The summed E-state index contributed by atoms with van der Waals surface area (Å²) in [6, 6.07) is 9.18. The molecule has 0 saturated carbocycles. The molecule has 0 bridgehead atoms. The molecule has 1 fully saturated rings. The number of hydrogen-bond donors (Lipinski definition) is 0. The van der Waals surface area contributed by atoms with Crippen molar-refractivity contribution in [2.75, 3.05) is 28.3 Å². The molecule has 3 amide bonds. The first-order valence-electron chi connectivity index (χ1n) is 14.8. The standard InChI is InChI=1S/C33H29ClF3N7O3/c1-4-28(45)43-17-24-22(25(43)8-9-38)11-19(14-39-24)15-42-16-20-12-29(46)44(27-13-21(33(35,36)37)10-18(2)40-27)30(20)32(47)41(3)26-7-5-6-23(34)31(26)42/h4-7,10-11,13-14,20,25,30H,1,8,12,15-17H2,2-3H3/t20-,25-,30+/m1/s1. The number of likely N-dealkylation sites (N-methyl/N-ethyl adjacent to an activating group) is 1. The van der Waals surface area contributed by atoms with E-state index in [9.17, 15) is 32.8 Å². The van der Waals surface area contributed by atoms with E-state index in [0.717, 1.165) is 28.2 Å². The van der Waals surface area contributed by atoms with E-state index in [1.165, 1.54) is 17.9 Å². The predicted molar refractivity (Wildman–Crippen MR) is 167 cm³/mol. The van der Waals surface area contributed by atoms with Gasteiger partial charge in [-0.2, -0.15) is 18.4 Å². The second-order valence-corrected chi connectivity index (χ2v) is 12.2. The van der Waals surface area contributed by atoms with Gasteiger partial charge in [-0.15, -0.1) is 0 Å². The molecule has 0 aliphatic carbocycles. The topological polar surface area (TPSA) is 114 Å². The van der Waals surface area contributed by atoms with Crippen molar-refractivity contribution in [2.45, 2.75) is 51.1 Å². The number of carbonyl (C=O) groups excluding carboxylic acids is 3. The summed E-state index contributed by atoms with van der Waals surface area (Å²) in [6.07, 6.45) is -1.85. The number of amides is 3. The molecule has 2 aromatic heterocycles. The smallest absolute Gasteiger partial charge is 0.364 e. The first-order chi connectivity index (χ1) is 22.3. The van der Waals surface area contributed by atoms with Crippen LogP contribution in [0.15, 0.2) is 55.3 Å². The van der Waals surface area contributed by atoms with Crippen LogP contribution in [0.5, 0.6) is 0 Å². The van der Waals surface area contributed by atoms with Gasteiger partial charge in [-0.1, -0.05) is 24.2 Å². The van der Waals surface area contributed by atoms with Crippen LogP contribution in [-0.4, -0.2) is 52.2 Å². The SMILES string of the molecule is C=CC(=O)N1Cc2ncc(CN3C[C@H]4CC(=O)N(c5cc(C(F)(F)F)cc(C)n5)[C@@H]4C(=O)N(C)c4cccc(Cl)c43)cc2[C@H]1CC#N. The third-order valence-electron chi connectivity index (χ3n) is 8.86. The van der Waals surface area contributed by atoms with Crippen LogP contribution in [-0.2, 0) is 33.6 Å². The lowest BCUT2D eigenvalue weighted by molar-refractivity contribution is -0.137. The van der Waals surface area contributed by atoms with Crippen molar-refractivity contribution < 1.29 is 27.6 Å². The van der Waals surface area contributed by atoms with E-state index in [1.807, 2.05) is 11.0 Å². The maximum absolute atomic E-state index is 14.1. The van der Waals surface area contributed by atoms with Crippen LogP contribution in [0.2, 0.25) is 5.02 Å². The molecule has 3 aliphatic rings. The minimum Gasteiger partial charge on any atom is -0.364 e. The Kier molecular flexibility index (Phi) is 8.17. The van der Waals surface area contributed by atoms with Crippen LogP contribution in [0, 0.1) is 24.2 Å². The Labute approximate surface area is 273 Å². The molecule has 14 heteroatoms. The van der Waals surface area contributed by atoms with Crippen molar-refractivity contribution in [1.29, 1.82) is 5.26 Å². The van der Waals surface area contributed by atoms with Gasteiger partial charge in [0.15, 0.2) is 0 Å². The fraction of sp³-hybridized carbons (Fsp3) is 0.333. The molecule has 3 atom stereocenters. The Balaban J connectivity index is 1.41. The summed E-state index contributed by atoms with van der Waals surface area (Å²) in [5.74, 6) is -2.18. The molecule has 5 heterocycles. The van der Waals surface area contributed by atoms with Crippen LogP contribution in [0.4, 0.5) is 30.4 Å². The summed E-state index contributed by atoms with van der Waals surface area (Å²) in [5.41, 5.74) is 2.23. The number of benzene rings is 1. The van der Waals surface area contributed by atoms with Gasteiger partial charge in [0, 0.05) is 44.4 Å². The highest BCUT2D eigenvalue weighted by atomic mass is 35.5. The second kappa shape index (κ2) is 12.0. The summed E-state index contributed by atoms with van der Waals surface area (Å²) in [4.78, 5) is 55.0.